The van der Waals surface area contributed by atoms with Gasteiger partial charge in [0.1, 0.15) is 0 Å². The van der Waals surface area contributed by atoms with E-state index in [1.165, 1.54) is 0 Å². The summed E-state index contributed by atoms with van der Waals surface area (Å²) in [4.78, 5) is 30.3. The average Bonchev–Trinajstić information content (AvgIpc) is 3.45. The number of nitrogens with one attached hydrogen (secondary N) is 2. The van der Waals surface area contributed by atoms with Crippen molar-refractivity contribution in [1.29, 1.82) is 0 Å². The van der Waals surface area contributed by atoms with Gasteiger partial charge in [-0.3, -0.25) is 14.9 Å². The van der Waals surface area contributed by atoms with Gasteiger partial charge in [-0.05, 0) is 37.4 Å². The van der Waals surface area contributed by atoms with Crippen molar-refractivity contribution in [3.05, 3.63) is 66.0 Å². The number of hydrogen-bond donors (Lipinski definition) is 3. The zero-order valence-corrected chi connectivity index (χ0v) is 17.9. The first-order valence-corrected chi connectivity index (χ1v) is 11.4. The fourth-order valence-electron chi connectivity index (χ4n) is 4.37. The zero-order chi connectivity index (χ0) is 21.5. The standard InChI is InChI=1S/C24H22N4O2S/c1-31-19-9-4-8-18-20(19)16(13-28(18)11-5-10-25)22-21(23(29)27-24(22)30)15-12-26-17-7-3-2-6-14(15)17/h2-4,6-9,12-13,26H,5,10-11,25H2,1H3,(H,27,29,30). The van der Waals surface area contributed by atoms with Crippen LogP contribution in [-0.2, 0) is 16.1 Å². The van der Waals surface area contributed by atoms with Crippen molar-refractivity contribution < 1.29 is 9.59 Å². The number of carbonyl (C=O) groups excluding carboxylic acids is 2. The van der Waals surface area contributed by atoms with Gasteiger partial charge in [0.2, 0.25) is 0 Å². The number of aromatic amines is 1. The Morgan fingerprint density at radius 3 is 2.55 bits per heavy atom. The largest absolute Gasteiger partial charge is 0.361 e. The van der Waals surface area contributed by atoms with E-state index in [0.29, 0.717) is 17.7 Å². The number of para-hydroxylation sites is 1. The summed E-state index contributed by atoms with van der Waals surface area (Å²) in [7, 11) is 0. The highest BCUT2D eigenvalue weighted by Gasteiger charge is 2.35. The summed E-state index contributed by atoms with van der Waals surface area (Å²) in [6.07, 6.45) is 6.64. The monoisotopic (exact) mass is 430 g/mol. The lowest BCUT2D eigenvalue weighted by atomic mass is 9.95. The van der Waals surface area contributed by atoms with Gasteiger partial charge >= 0.3 is 0 Å². The molecule has 2 aromatic carbocycles. The van der Waals surface area contributed by atoms with Gasteiger partial charge in [-0.15, -0.1) is 11.8 Å². The second-order valence-electron chi connectivity index (χ2n) is 7.51. The summed E-state index contributed by atoms with van der Waals surface area (Å²) in [5, 5.41) is 4.42. The third-order valence-electron chi connectivity index (χ3n) is 5.75. The lowest BCUT2D eigenvalue weighted by molar-refractivity contribution is -0.122. The lowest BCUT2D eigenvalue weighted by Gasteiger charge is -2.06. The number of aromatic nitrogens is 2. The molecule has 31 heavy (non-hydrogen) atoms. The van der Waals surface area contributed by atoms with Gasteiger partial charge in [0.05, 0.1) is 11.1 Å². The number of benzene rings is 2. The molecule has 0 spiro atoms. The molecular formula is C24H22N4O2S. The average molecular weight is 431 g/mol. The topological polar surface area (TPSA) is 92.9 Å². The number of imide groups is 1. The van der Waals surface area contributed by atoms with Gasteiger partial charge < -0.3 is 15.3 Å². The molecule has 5 rings (SSSR count). The molecule has 0 saturated carbocycles. The maximum atomic E-state index is 13.1. The molecule has 0 unspecified atom stereocenters. The van der Waals surface area contributed by atoms with Gasteiger partial charge in [0.25, 0.3) is 11.8 Å². The second kappa shape index (κ2) is 7.76. The molecule has 6 nitrogen and oxygen atoms in total. The van der Waals surface area contributed by atoms with Crippen LogP contribution in [0.1, 0.15) is 17.5 Å². The number of amides is 2. The van der Waals surface area contributed by atoms with Crippen molar-refractivity contribution in [1.82, 2.24) is 14.9 Å². The highest BCUT2D eigenvalue weighted by Crippen LogP contribution is 2.40. The van der Waals surface area contributed by atoms with Gasteiger partial charge in [0.15, 0.2) is 0 Å². The van der Waals surface area contributed by atoms with Crippen molar-refractivity contribution in [3.8, 4) is 0 Å². The summed E-state index contributed by atoms with van der Waals surface area (Å²) >= 11 is 1.63. The summed E-state index contributed by atoms with van der Waals surface area (Å²) in [5.74, 6) is -0.728. The summed E-state index contributed by atoms with van der Waals surface area (Å²) in [6, 6.07) is 13.9. The summed E-state index contributed by atoms with van der Waals surface area (Å²) < 4.78 is 2.13. The Morgan fingerprint density at radius 2 is 1.77 bits per heavy atom. The van der Waals surface area contributed by atoms with Crippen molar-refractivity contribution in [2.75, 3.05) is 12.8 Å². The lowest BCUT2D eigenvalue weighted by Crippen LogP contribution is -2.22. The van der Waals surface area contributed by atoms with Gasteiger partial charge in [-0.25, -0.2) is 0 Å². The number of fused-ring (bicyclic) bond motifs is 2. The van der Waals surface area contributed by atoms with E-state index in [1.807, 2.05) is 48.9 Å². The highest BCUT2D eigenvalue weighted by molar-refractivity contribution is 7.98. The number of nitrogens with zero attached hydrogens (tertiary/aromatic N) is 1. The minimum atomic E-state index is -0.366. The number of nitrogens with two attached hydrogens (primary N) is 1. The Balaban J connectivity index is 1.83. The van der Waals surface area contributed by atoms with Crippen LogP contribution in [0.25, 0.3) is 33.0 Å². The fourth-order valence-corrected chi connectivity index (χ4v) is 5.01. The third kappa shape index (κ3) is 3.08. The molecule has 2 aromatic heterocycles. The van der Waals surface area contributed by atoms with Crippen molar-refractivity contribution in [2.24, 2.45) is 5.73 Å². The van der Waals surface area contributed by atoms with E-state index >= 15 is 0 Å². The molecule has 0 atom stereocenters. The van der Waals surface area contributed by atoms with Crippen molar-refractivity contribution >= 4 is 56.5 Å². The summed E-state index contributed by atoms with van der Waals surface area (Å²) in [5.41, 5.74) is 10.1. The van der Waals surface area contributed by atoms with Gasteiger partial charge in [0, 0.05) is 56.8 Å². The number of H-pyrrole nitrogens is 1. The first-order valence-electron chi connectivity index (χ1n) is 10.2. The molecule has 2 amide bonds. The van der Waals surface area contributed by atoms with Crippen LogP contribution in [-0.4, -0.2) is 34.2 Å². The van der Waals surface area contributed by atoms with Crippen LogP contribution in [0.4, 0.5) is 0 Å². The molecule has 0 fully saturated rings. The van der Waals surface area contributed by atoms with Gasteiger partial charge in [-0.1, -0.05) is 24.3 Å². The fraction of sp³-hybridized carbons (Fsp3) is 0.167. The molecule has 3 heterocycles. The van der Waals surface area contributed by atoms with Crippen LogP contribution in [0.15, 0.2) is 59.8 Å². The molecule has 7 heteroatoms. The van der Waals surface area contributed by atoms with Crippen LogP contribution in [0.2, 0.25) is 0 Å². The van der Waals surface area contributed by atoms with Crippen LogP contribution in [0.3, 0.4) is 0 Å². The van der Waals surface area contributed by atoms with E-state index in [1.54, 1.807) is 18.0 Å². The molecule has 0 saturated heterocycles. The number of aryl methyl sites for hydroxylation is 1. The SMILES string of the molecule is CSc1cccc2c1c(C1=C(c3c[nH]c4ccccc34)C(=O)NC1=O)cn2CCCN. The zero-order valence-electron chi connectivity index (χ0n) is 17.1. The van der Waals surface area contributed by atoms with Crippen LogP contribution < -0.4 is 11.1 Å². The minimum absolute atomic E-state index is 0.362. The quantitative estimate of drug-likeness (QED) is 0.321. The Bertz CT molecular complexity index is 1380. The summed E-state index contributed by atoms with van der Waals surface area (Å²) in [6.45, 7) is 1.33. The van der Waals surface area contributed by atoms with Crippen molar-refractivity contribution in [3.63, 3.8) is 0 Å². The van der Waals surface area contributed by atoms with E-state index in [-0.39, 0.29) is 11.8 Å². The molecule has 156 valence electrons. The first kappa shape index (κ1) is 19.7. The molecule has 1 aliphatic rings. The number of rotatable bonds is 6. The Labute approximate surface area is 183 Å². The number of carbonyl (C=O) groups is 2. The predicted octanol–water partition coefficient (Wildman–Crippen LogP) is 3.76. The van der Waals surface area contributed by atoms with E-state index < -0.39 is 0 Å². The number of hydrogen-bond acceptors (Lipinski definition) is 4. The van der Waals surface area contributed by atoms with Gasteiger partial charge in [-0.2, -0.15) is 0 Å². The van der Waals surface area contributed by atoms with E-state index in [9.17, 15) is 9.59 Å². The van der Waals surface area contributed by atoms with Crippen molar-refractivity contribution in [2.45, 2.75) is 17.9 Å². The molecule has 1 aliphatic heterocycles. The van der Waals surface area contributed by atoms with Crippen LogP contribution >= 0.6 is 11.8 Å². The minimum Gasteiger partial charge on any atom is -0.361 e. The molecule has 0 bridgehead atoms. The Kier molecular flexibility index (Phi) is 4.92. The Morgan fingerprint density at radius 1 is 1.00 bits per heavy atom. The number of thioether (sulfide) groups is 1. The van der Waals surface area contributed by atoms with E-state index in [0.717, 1.165) is 50.8 Å². The molecule has 0 aliphatic carbocycles. The second-order valence-corrected chi connectivity index (χ2v) is 8.36. The maximum Gasteiger partial charge on any atom is 0.259 e. The highest BCUT2D eigenvalue weighted by atomic mass is 32.2. The molecule has 4 N–H and O–H groups in total. The normalized spacial score (nSPS) is 14.3. The van der Waals surface area contributed by atoms with E-state index in [2.05, 4.69) is 20.9 Å². The predicted molar refractivity (Wildman–Crippen MR) is 126 cm³/mol. The third-order valence-corrected chi connectivity index (χ3v) is 6.53. The molecular weight excluding hydrogens is 408 g/mol. The van der Waals surface area contributed by atoms with Crippen LogP contribution in [0, 0.1) is 0 Å². The smallest absolute Gasteiger partial charge is 0.259 e. The Hall–Kier alpha value is -3.29. The van der Waals surface area contributed by atoms with Crippen LogP contribution in [0.5, 0.6) is 0 Å². The molecule has 4 aromatic rings. The first-order chi connectivity index (χ1) is 15.1. The molecule has 0 radical (unpaired) electrons. The van der Waals surface area contributed by atoms with E-state index in [4.69, 9.17) is 5.73 Å². The maximum absolute atomic E-state index is 13.1.